The highest BCUT2D eigenvalue weighted by molar-refractivity contribution is 5.04. The second kappa shape index (κ2) is 3.70. The lowest BCUT2D eigenvalue weighted by Crippen LogP contribution is -2.14. The summed E-state index contributed by atoms with van der Waals surface area (Å²) in [6, 6.07) is 1.73. The van der Waals surface area contributed by atoms with Crippen molar-refractivity contribution in [1.29, 1.82) is 0 Å². The Morgan fingerprint density at radius 2 is 2.54 bits per heavy atom. The second-order valence-corrected chi connectivity index (χ2v) is 3.27. The van der Waals surface area contributed by atoms with Crippen LogP contribution in [-0.2, 0) is 4.74 Å². The maximum atomic E-state index is 5.47. The summed E-state index contributed by atoms with van der Waals surface area (Å²) in [7, 11) is 0. The summed E-state index contributed by atoms with van der Waals surface area (Å²) in [6.07, 6.45) is 3.92. The second-order valence-electron chi connectivity index (χ2n) is 3.27. The highest BCUT2D eigenvalue weighted by Gasteiger charge is 2.23. The fraction of sp³-hybridized carbons (Fsp3) is 0.556. The monoisotopic (exact) mass is 180 g/mol. The molecule has 1 fully saturated rings. The Hall–Kier alpha value is -1.16. The van der Waals surface area contributed by atoms with E-state index >= 15 is 0 Å². The van der Waals surface area contributed by atoms with E-state index in [1.807, 2.05) is 0 Å². The van der Waals surface area contributed by atoms with Crippen LogP contribution in [0.4, 0.5) is 0 Å². The molecule has 0 saturated carbocycles. The van der Waals surface area contributed by atoms with Gasteiger partial charge in [-0.2, -0.15) is 0 Å². The maximum Gasteiger partial charge on any atom is 0.218 e. The normalized spacial score (nSPS) is 27.5. The van der Waals surface area contributed by atoms with Crippen LogP contribution in [0.25, 0.3) is 0 Å². The Balaban J connectivity index is 1.92. The summed E-state index contributed by atoms with van der Waals surface area (Å²) in [5.74, 6) is 1.15. The minimum absolute atomic E-state index is 0.134. The topological polar surface area (TPSA) is 44.2 Å². The van der Waals surface area contributed by atoms with E-state index in [2.05, 4.69) is 16.9 Å². The molecule has 4 heteroatoms. The predicted octanol–water partition coefficient (Wildman–Crippen LogP) is 1.24. The van der Waals surface area contributed by atoms with Crippen LogP contribution in [0.5, 0.6) is 5.88 Å². The molecule has 0 aromatic carbocycles. The molecule has 1 aliphatic heterocycles. The molecule has 0 amide bonds. The Kier molecular flexibility index (Phi) is 2.40. The van der Waals surface area contributed by atoms with E-state index in [-0.39, 0.29) is 6.29 Å². The van der Waals surface area contributed by atoms with Gasteiger partial charge in [0.1, 0.15) is 6.33 Å². The summed E-state index contributed by atoms with van der Waals surface area (Å²) in [5, 5.41) is 0. The molecule has 0 radical (unpaired) electrons. The van der Waals surface area contributed by atoms with Gasteiger partial charge >= 0.3 is 0 Å². The molecule has 4 nitrogen and oxygen atoms in total. The predicted molar refractivity (Wildman–Crippen MR) is 46.2 cm³/mol. The zero-order chi connectivity index (χ0) is 9.10. The summed E-state index contributed by atoms with van der Waals surface area (Å²) in [6.45, 7) is 2.92. The van der Waals surface area contributed by atoms with Crippen LogP contribution < -0.4 is 4.74 Å². The van der Waals surface area contributed by atoms with Gasteiger partial charge in [0.25, 0.3) is 0 Å². The van der Waals surface area contributed by atoms with Gasteiger partial charge in [-0.3, -0.25) is 0 Å². The molecule has 0 bridgehead atoms. The van der Waals surface area contributed by atoms with Crippen molar-refractivity contribution in [3.8, 4) is 5.88 Å². The van der Waals surface area contributed by atoms with Crippen molar-refractivity contribution < 1.29 is 9.47 Å². The van der Waals surface area contributed by atoms with Gasteiger partial charge in [-0.1, -0.05) is 6.92 Å². The SMILES string of the molecule is C[C@@H]1COC(Oc2ccncn2)C1. The molecule has 2 rings (SSSR count). The van der Waals surface area contributed by atoms with Crippen LogP contribution in [0.15, 0.2) is 18.6 Å². The van der Waals surface area contributed by atoms with Crippen molar-refractivity contribution in [3.63, 3.8) is 0 Å². The van der Waals surface area contributed by atoms with Crippen molar-refractivity contribution in [3.05, 3.63) is 18.6 Å². The maximum absolute atomic E-state index is 5.47. The first-order valence-electron chi connectivity index (χ1n) is 4.39. The van der Waals surface area contributed by atoms with Gasteiger partial charge in [0.2, 0.25) is 12.2 Å². The third kappa shape index (κ3) is 2.15. The quantitative estimate of drug-likeness (QED) is 0.686. The number of ether oxygens (including phenoxy) is 2. The van der Waals surface area contributed by atoms with E-state index in [1.54, 1.807) is 12.3 Å². The van der Waals surface area contributed by atoms with Crippen LogP contribution in [0, 0.1) is 5.92 Å². The van der Waals surface area contributed by atoms with E-state index < -0.39 is 0 Å². The number of hydrogen-bond donors (Lipinski definition) is 0. The highest BCUT2D eigenvalue weighted by atomic mass is 16.7. The Morgan fingerprint density at radius 1 is 1.62 bits per heavy atom. The average molecular weight is 180 g/mol. The minimum Gasteiger partial charge on any atom is -0.448 e. The van der Waals surface area contributed by atoms with E-state index in [0.717, 1.165) is 13.0 Å². The van der Waals surface area contributed by atoms with Gasteiger partial charge in [-0.05, 0) is 5.92 Å². The number of rotatable bonds is 2. The zero-order valence-electron chi connectivity index (χ0n) is 7.51. The van der Waals surface area contributed by atoms with Crippen molar-refractivity contribution in [1.82, 2.24) is 9.97 Å². The molecule has 2 heterocycles. The van der Waals surface area contributed by atoms with Crippen molar-refractivity contribution in [2.75, 3.05) is 6.61 Å². The molecule has 70 valence electrons. The molecule has 0 aliphatic carbocycles. The summed E-state index contributed by atoms with van der Waals surface area (Å²) in [5.41, 5.74) is 0. The highest BCUT2D eigenvalue weighted by Crippen LogP contribution is 2.20. The Morgan fingerprint density at radius 3 is 3.15 bits per heavy atom. The smallest absolute Gasteiger partial charge is 0.218 e. The Bertz CT molecular complexity index is 266. The lowest BCUT2D eigenvalue weighted by Gasteiger charge is -2.10. The van der Waals surface area contributed by atoms with Crippen molar-refractivity contribution >= 4 is 0 Å². The van der Waals surface area contributed by atoms with Crippen molar-refractivity contribution in [2.45, 2.75) is 19.6 Å². The van der Waals surface area contributed by atoms with E-state index in [4.69, 9.17) is 9.47 Å². The third-order valence-electron chi connectivity index (χ3n) is 1.97. The van der Waals surface area contributed by atoms with Gasteiger partial charge in [0.15, 0.2) is 0 Å². The molecule has 1 aromatic heterocycles. The lowest BCUT2D eigenvalue weighted by molar-refractivity contribution is -0.0420. The lowest BCUT2D eigenvalue weighted by atomic mass is 10.1. The van der Waals surface area contributed by atoms with Crippen molar-refractivity contribution in [2.24, 2.45) is 5.92 Å². The number of hydrogen-bond acceptors (Lipinski definition) is 4. The van der Waals surface area contributed by atoms with E-state index in [9.17, 15) is 0 Å². The van der Waals surface area contributed by atoms with Crippen LogP contribution in [0.2, 0.25) is 0 Å². The van der Waals surface area contributed by atoms with E-state index in [1.165, 1.54) is 6.33 Å². The first-order chi connectivity index (χ1) is 6.34. The zero-order valence-corrected chi connectivity index (χ0v) is 7.51. The first kappa shape index (κ1) is 8.44. The molecule has 0 spiro atoms. The van der Waals surface area contributed by atoms with Gasteiger partial charge in [-0.25, -0.2) is 9.97 Å². The molecular formula is C9H12N2O2. The van der Waals surface area contributed by atoms with E-state index in [0.29, 0.717) is 11.8 Å². The van der Waals surface area contributed by atoms with Gasteiger partial charge in [0, 0.05) is 18.7 Å². The molecule has 1 saturated heterocycles. The van der Waals surface area contributed by atoms with Crippen LogP contribution in [0.1, 0.15) is 13.3 Å². The summed E-state index contributed by atoms with van der Waals surface area (Å²) >= 11 is 0. The molecule has 1 aliphatic rings. The largest absolute Gasteiger partial charge is 0.448 e. The number of aromatic nitrogens is 2. The van der Waals surface area contributed by atoms with Gasteiger partial charge in [0.05, 0.1) is 6.61 Å². The number of nitrogens with zero attached hydrogens (tertiary/aromatic N) is 2. The Labute approximate surface area is 76.9 Å². The average Bonchev–Trinajstić information content (AvgIpc) is 2.53. The standard InChI is InChI=1S/C9H12N2O2/c1-7-4-9(12-5-7)13-8-2-3-10-6-11-8/h2-3,6-7,9H,4-5H2,1H3/t7-,9?/m0/s1. The third-order valence-corrected chi connectivity index (χ3v) is 1.97. The fourth-order valence-corrected chi connectivity index (χ4v) is 1.30. The van der Waals surface area contributed by atoms with Crippen LogP contribution in [-0.4, -0.2) is 22.9 Å². The molecule has 2 atom stereocenters. The first-order valence-corrected chi connectivity index (χ1v) is 4.39. The van der Waals surface area contributed by atoms with Crippen LogP contribution in [0.3, 0.4) is 0 Å². The molecule has 1 unspecified atom stereocenters. The minimum atomic E-state index is -0.134. The summed E-state index contributed by atoms with van der Waals surface area (Å²) < 4.78 is 10.9. The van der Waals surface area contributed by atoms with Gasteiger partial charge < -0.3 is 9.47 Å². The molecule has 13 heavy (non-hydrogen) atoms. The fourth-order valence-electron chi connectivity index (χ4n) is 1.30. The molecule has 1 aromatic rings. The molecule has 0 N–H and O–H groups in total. The van der Waals surface area contributed by atoms with Crippen LogP contribution >= 0.6 is 0 Å². The van der Waals surface area contributed by atoms with Gasteiger partial charge in [-0.15, -0.1) is 0 Å². The molecular weight excluding hydrogens is 168 g/mol. The summed E-state index contributed by atoms with van der Waals surface area (Å²) in [4.78, 5) is 7.76.